The van der Waals surface area contributed by atoms with Crippen LogP contribution in [0.5, 0.6) is 0 Å². The molecule has 0 bridgehead atoms. The predicted octanol–water partition coefficient (Wildman–Crippen LogP) is 3.45. The molecule has 28 heavy (non-hydrogen) atoms. The van der Waals surface area contributed by atoms with E-state index >= 15 is 0 Å². The van der Waals surface area contributed by atoms with Crippen LogP contribution in [-0.2, 0) is 17.9 Å². The van der Waals surface area contributed by atoms with Crippen molar-refractivity contribution in [3.05, 3.63) is 88.0 Å². The monoisotopic (exact) mass is 379 g/mol. The van der Waals surface area contributed by atoms with Crippen LogP contribution < -0.4 is 10.9 Å². The number of nitrogens with one attached hydrogen (secondary N) is 1. The Morgan fingerprint density at radius 3 is 2.46 bits per heavy atom. The van der Waals surface area contributed by atoms with Crippen LogP contribution in [0.15, 0.2) is 65.5 Å². The summed E-state index contributed by atoms with van der Waals surface area (Å²) < 4.78 is 14.3. The number of aryl methyl sites for hydroxylation is 2. The van der Waals surface area contributed by atoms with E-state index in [1.807, 2.05) is 31.2 Å². The van der Waals surface area contributed by atoms with Gasteiger partial charge in [-0.15, -0.1) is 0 Å². The van der Waals surface area contributed by atoms with Crippen LogP contribution in [0.3, 0.4) is 0 Å². The second-order valence-corrected chi connectivity index (χ2v) is 6.65. The highest BCUT2D eigenvalue weighted by atomic mass is 19.1. The minimum Gasteiger partial charge on any atom is -0.352 e. The number of hydrogen-bond donors (Lipinski definition) is 1. The predicted molar refractivity (Wildman–Crippen MR) is 106 cm³/mol. The molecule has 0 aliphatic heterocycles. The van der Waals surface area contributed by atoms with Crippen LogP contribution in [-0.4, -0.2) is 15.7 Å². The van der Waals surface area contributed by atoms with E-state index in [1.165, 1.54) is 22.9 Å². The quantitative estimate of drug-likeness (QED) is 0.684. The van der Waals surface area contributed by atoms with Gasteiger partial charge in [-0.3, -0.25) is 9.59 Å². The van der Waals surface area contributed by atoms with Gasteiger partial charge in [-0.2, -0.15) is 5.10 Å². The number of benzene rings is 2. The molecule has 1 N–H and O–H groups in total. The van der Waals surface area contributed by atoms with Crippen molar-refractivity contribution in [2.24, 2.45) is 0 Å². The standard InChI is InChI=1S/C22H22FN3O2/c1-16-4-8-18(9-5-16)20-12-13-22(28)26(25-20)14-2-3-21(27)24-15-17-6-10-19(23)11-7-17/h4-13H,2-3,14-15H2,1H3,(H,24,27). The van der Waals surface area contributed by atoms with Gasteiger partial charge in [0.15, 0.2) is 0 Å². The molecule has 0 spiro atoms. The highest BCUT2D eigenvalue weighted by Crippen LogP contribution is 2.15. The zero-order valence-electron chi connectivity index (χ0n) is 15.7. The van der Waals surface area contributed by atoms with Gasteiger partial charge < -0.3 is 5.32 Å². The maximum Gasteiger partial charge on any atom is 0.266 e. The number of carbonyl (C=O) groups excluding carboxylic acids is 1. The molecule has 3 rings (SSSR count). The Bertz CT molecular complexity index is 996. The first-order valence-corrected chi connectivity index (χ1v) is 9.17. The van der Waals surface area contributed by atoms with Crippen molar-refractivity contribution in [3.63, 3.8) is 0 Å². The largest absolute Gasteiger partial charge is 0.352 e. The van der Waals surface area contributed by atoms with Crippen molar-refractivity contribution in [2.45, 2.75) is 32.9 Å². The second kappa shape index (κ2) is 9.08. The lowest BCUT2D eigenvalue weighted by Crippen LogP contribution is -2.25. The number of nitrogens with zero attached hydrogens (tertiary/aromatic N) is 2. The van der Waals surface area contributed by atoms with Crippen LogP contribution in [0.1, 0.15) is 24.0 Å². The number of carbonyl (C=O) groups is 1. The SMILES string of the molecule is Cc1ccc(-c2ccc(=O)n(CCCC(=O)NCc3ccc(F)cc3)n2)cc1. The molecule has 144 valence electrons. The van der Waals surface area contributed by atoms with Gasteiger partial charge in [0.05, 0.1) is 5.69 Å². The van der Waals surface area contributed by atoms with Crippen LogP contribution in [0.2, 0.25) is 0 Å². The van der Waals surface area contributed by atoms with E-state index in [0.717, 1.165) is 22.4 Å². The van der Waals surface area contributed by atoms with Gasteiger partial charge >= 0.3 is 0 Å². The third-order valence-electron chi connectivity index (χ3n) is 4.39. The Balaban J connectivity index is 1.53. The highest BCUT2D eigenvalue weighted by molar-refractivity contribution is 5.75. The smallest absolute Gasteiger partial charge is 0.266 e. The van der Waals surface area contributed by atoms with E-state index in [9.17, 15) is 14.0 Å². The number of rotatable bonds is 7. The van der Waals surface area contributed by atoms with Crippen LogP contribution in [0.4, 0.5) is 4.39 Å². The molecule has 0 unspecified atom stereocenters. The van der Waals surface area contributed by atoms with Gasteiger partial charge in [0, 0.05) is 31.1 Å². The third-order valence-corrected chi connectivity index (χ3v) is 4.39. The van der Waals surface area contributed by atoms with Gasteiger partial charge in [-0.25, -0.2) is 9.07 Å². The Kier molecular flexibility index (Phi) is 6.32. The molecule has 0 saturated carbocycles. The first-order chi connectivity index (χ1) is 13.5. The minimum absolute atomic E-state index is 0.118. The van der Waals surface area contributed by atoms with E-state index < -0.39 is 0 Å². The van der Waals surface area contributed by atoms with Gasteiger partial charge in [-0.05, 0) is 37.1 Å². The highest BCUT2D eigenvalue weighted by Gasteiger charge is 2.06. The zero-order valence-corrected chi connectivity index (χ0v) is 15.7. The van der Waals surface area contributed by atoms with E-state index in [4.69, 9.17) is 0 Å². The van der Waals surface area contributed by atoms with Crippen molar-refractivity contribution < 1.29 is 9.18 Å². The average Bonchev–Trinajstić information content (AvgIpc) is 2.70. The third kappa shape index (κ3) is 5.36. The second-order valence-electron chi connectivity index (χ2n) is 6.65. The molecule has 1 heterocycles. The fraction of sp³-hybridized carbons (Fsp3) is 0.227. The number of aromatic nitrogens is 2. The van der Waals surface area contributed by atoms with Gasteiger partial charge in [0.1, 0.15) is 5.82 Å². The topological polar surface area (TPSA) is 64.0 Å². The van der Waals surface area contributed by atoms with E-state index in [-0.39, 0.29) is 23.7 Å². The Morgan fingerprint density at radius 2 is 1.75 bits per heavy atom. The lowest BCUT2D eigenvalue weighted by atomic mass is 10.1. The van der Waals surface area contributed by atoms with Gasteiger partial charge in [0.2, 0.25) is 5.91 Å². The van der Waals surface area contributed by atoms with E-state index in [1.54, 1.807) is 18.2 Å². The van der Waals surface area contributed by atoms with Gasteiger partial charge in [0.25, 0.3) is 5.56 Å². The molecule has 6 heteroatoms. The molecule has 3 aromatic rings. The maximum absolute atomic E-state index is 12.9. The molecule has 2 aromatic carbocycles. The van der Waals surface area contributed by atoms with Crippen LogP contribution in [0.25, 0.3) is 11.3 Å². The van der Waals surface area contributed by atoms with Crippen molar-refractivity contribution >= 4 is 5.91 Å². The molecule has 0 radical (unpaired) electrons. The maximum atomic E-state index is 12.9. The van der Waals surface area contributed by atoms with Crippen molar-refractivity contribution in [1.82, 2.24) is 15.1 Å². The van der Waals surface area contributed by atoms with E-state index in [2.05, 4.69) is 10.4 Å². The Morgan fingerprint density at radius 1 is 1.04 bits per heavy atom. The molecular weight excluding hydrogens is 357 g/mol. The number of amides is 1. The minimum atomic E-state index is -0.305. The molecule has 0 saturated heterocycles. The summed E-state index contributed by atoms with van der Waals surface area (Å²) in [5, 5.41) is 7.20. The summed E-state index contributed by atoms with van der Waals surface area (Å²) in [7, 11) is 0. The van der Waals surface area contributed by atoms with E-state index in [0.29, 0.717) is 19.5 Å². The molecular formula is C22H22FN3O2. The van der Waals surface area contributed by atoms with Crippen LogP contribution >= 0.6 is 0 Å². The molecule has 0 aliphatic carbocycles. The summed E-state index contributed by atoms with van der Waals surface area (Å²) in [4.78, 5) is 24.0. The summed E-state index contributed by atoms with van der Waals surface area (Å²) in [6.45, 7) is 2.72. The number of hydrogen-bond acceptors (Lipinski definition) is 3. The summed E-state index contributed by atoms with van der Waals surface area (Å²) in [6.07, 6.45) is 0.781. The molecule has 0 aliphatic rings. The summed E-state index contributed by atoms with van der Waals surface area (Å²) in [6, 6.07) is 17.1. The first-order valence-electron chi connectivity index (χ1n) is 9.17. The molecule has 1 amide bonds. The molecule has 1 aromatic heterocycles. The molecule has 0 fully saturated rings. The lowest BCUT2D eigenvalue weighted by molar-refractivity contribution is -0.121. The Hall–Kier alpha value is -3.28. The first kappa shape index (κ1) is 19.5. The number of halogens is 1. The van der Waals surface area contributed by atoms with Crippen molar-refractivity contribution in [2.75, 3.05) is 0 Å². The van der Waals surface area contributed by atoms with Crippen molar-refractivity contribution in [3.8, 4) is 11.3 Å². The average molecular weight is 379 g/mol. The summed E-state index contributed by atoms with van der Waals surface area (Å²) in [5.74, 6) is -0.423. The lowest BCUT2D eigenvalue weighted by Gasteiger charge is -2.08. The van der Waals surface area contributed by atoms with Crippen LogP contribution in [0, 0.1) is 12.7 Å². The fourth-order valence-electron chi connectivity index (χ4n) is 2.77. The zero-order chi connectivity index (χ0) is 19.9. The molecule has 5 nitrogen and oxygen atoms in total. The molecule has 0 atom stereocenters. The fourth-order valence-corrected chi connectivity index (χ4v) is 2.77. The van der Waals surface area contributed by atoms with Crippen molar-refractivity contribution in [1.29, 1.82) is 0 Å². The summed E-state index contributed by atoms with van der Waals surface area (Å²) in [5.41, 5.74) is 3.46. The normalized spacial score (nSPS) is 10.6. The Labute approximate surface area is 162 Å². The van der Waals surface area contributed by atoms with Gasteiger partial charge in [-0.1, -0.05) is 42.0 Å². The summed E-state index contributed by atoms with van der Waals surface area (Å²) >= 11 is 0.